The van der Waals surface area contributed by atoms with Gasteiger partial charge in [-0.15, -0.1) is 0 Å². The van der Waals surface area contributed by atoms with Gasteiger partial charge in [-0.1, -0.05) is 13.8 Å². The van der Waals surface area contributed by atoms with Gasteiger partial charge in [-0.05, 0) is 31.3 Å². The highest BCUT2D eigenvalue weighted by Gasteiger charge is 2.35. The third kappa shape index (κ3) is 2.70. The topological polar surface area (TPSA) is 37.3 Å². The SMILES string of the molecule is CSCCC(C)(C(=O)O)C(C)C. The number of carbonyl (C=O) groups is 1. The van der Waals surface area contributed by atoms with E-state index in [-0.39, 0.29) is 5.92 Å². The lowest BCUT2D eigenvalue weighted by atomic mass is 9.77. The molecule has 1 unspecified atom stereocenters. The third-order valence-corrected chi connectivity index (χ3v) is 3.20. The lowest BCUT2D eigenvalue weighted by molar-refractivity contribution is -0.150. The molecule has 0 aromatic carbocycles. The van der Waals surface area contributed by atoms with E-state index in [9.17, 15) is 4.79 Å². The van der Waals surface area contributed by atoms with Gasteiger partial charge in [0.25, 0.3) is 0 Å². The summed E-state index contributed by atoms with van der Waals surface area (Å²) in [6.07, 6.45) is 2.75. The summed E-state index contributed by atoms with van der Waals surface area (Å²) >= 11 is 1.70. The van der Waals surface area contributed by atoms with Crippen molar-refractivity contribution in [2.24, 2.45) is 11.3 Å². The van der Waals surface area contributed by atoms with Crippen molar-refractivity contribution in [3.8, 4) is 0 Å². The van der Waals surface area contributed by atoms with Crippen molar-refractivity contribution in [1.29, 1.82) is 0 Å². The van der Waals surface area contributed by atoms with E-state index in [4.69, 9.17) is 5.11 Å². The fraction of sp³-hybridized carbons (Fsp3) is 0.889. The van der Waals surface area contributed by atoms with E-state index < -0.39 is 11.4 Å². The molecule has 0 aliphatic carbocycles. The Hall–Kier alpha value is -0.180. The number of aliphatic carboxylic acids is 1. The van der Waals surface area contributed by atoms with E-state index >= 15 is 0 Å². The van der Waals surface area contributed by atoms with Gasteiger partial charge in [0.05, 0.1) is 5.41 Å². The Morgan fingerprint density at radius 3 is 2.33 bits per heavy atom. The van der Waals surface area contributed by atoms with E-state index in [0.717, 1.165) is 12.2 Å². The van der Waals surface area contributed by atoms with Gasteiger partial charge in [0.2, 0.25) is 0 Å². The van der Waals surface area contributed by atoms with Crippen LogP contribution in [0.2, 0.25) is 0 Å². The van der Waals surface area contributed by atoms with E-state index in [1.54, 1.807) is 11.8 Å². The Balaban J connectivity index is 4.29. The van der Waals surface area contributed by atoms with Gasteiger partial charge in [0.1, 0.15) is 0 Å². The van der Waals surface area contributed by atoms with Crippen LogP contribution in [-0.4, -0.2) is 23.1 Å². The molecule has 72 valence electrons. The average Bonchev–Trinajstić information content (AvgIpc) is 1.99. The highest BCUT2D eigenvalue weighted by molar-refractivity contribution is 7.98. The summed E-state index contributed by atoms with van der Waals surface area (Å²) in [5.41, 5.74) is -0.553. The Morgan fingerprint density at radius 1 is 1.58 bits per heavy atom. The van der Waals surface area contributed by atoms with E-state index in [1.807, 2.05) is 27.0 Å². The summed E-state index contributed by atoms with van der Waals surface area (Å²) in [6.45, 7) is 5.76. The van der Waals surface area contributed by atoms with Crippen molar-refractivity contribution in [3.63, 3.8) is 0 Å². The van der Waals surface area contributed by atoms with Crippen LogP contribution in [0.3, 0.4) is 0 Å². The predicted octanol–water partition coefficient (Wildman–Crippen LogP) is 2.49. The van der Waals surface area contributed by atoms with Gasteiger partial charge in [-0.3, -0.25) is 4.79 Å². The van der Waals surface area contributed by atoms with Gasteiger partial charge < -0.3 is 5.11 Å². The van der Waals surface area contributed by atoms with Crippen LogP contribution in [0.25, 0.3) is 0 Å². The van der Waals surface area contributed by atoms with Crippen molar-refractivity contribution >= 4 is 17.7 Å². The molecular formula is C9H18O2S. The summed E-state index contributed by atoms with van der Waals surface area (Å²) in [6, 6.07) is 0. The minimum absolute atomic E-state index is 0.196. The van der Waals surface area contributed by atoms with Gasteiger partial charge in [-0.2, -0.15) is 11.8 Å². The average molecular weight is 190 g/mol. The molecule has 0 amide bonds. The number of carboxylic acids is 1. The minimum atomic E-state index is -0.674. The molecule has 0 fully saturated rings. The minimum Gasteiger partial charge on any atom is -0.481 e. The fourth-order valence-electron chi connectivity index (χ4n) is 0.957. The summed E-state index contributed by atoms with van der Waals surface area (Å²) in [4.78, 5) is 11.0. The monoisotopic (exact) mass is 190 g/mol. The van der Waals surface area contributed by atoms with Crippen LogP contribution in [0.5, 0.6) is 0 Å². The molecule has 0 aromatic rings. The van der Waals surface area contributed by atoms with E-state index in [0.29, 0.717) is 0 Å². The summed E-state index contributed by atoms with van der Waals surface area (Å²) in [7, 11) is 0. The molecule has 0 bridgehead atoms. The molecule has 1 atom stereocenters. The first-order valence-electron chi connectivity index (χ1n) is 4.17. The largest absolute Gasteiger partial charge is 0.481 e. The van der Waals surface area contributed by atoms with Crippen LogP contribution in [0.4, 0.5) is 0 Å². The van der Waals surface area contributed by atoms with Crippen LogP contribution in [0, 0.1) is 11.3 Å². The zero-order chi connectivity index (χ0) is 9.78. The molecule has 0 spiro atoms. The molecule has 0 aromatic heterocycles. The Kier molecular flexibility index (Phi) is 4.68. The van der Waals surface area contributed by atoms with Gasteiger partial charge in [0, 0.05) is 0 Å². The molecule has 3 heteroatoms. The highest BCUT2D eigenvalue weighted by Crippen LogP contribution is 2.32. The first kappa shape index (κ1) is 11.8. The van der Waals surface area contributed by atoms with Crippen molar-refractivity contribution in [3.05, 3.63) is 0 Å². The Morgan fingerprint density at radius 2 is 2.08 bits per heavy atom. The van der Waals surface area contributed by atoms with Crippen molar-refractivity contribution in [2.75, 3.05) is 12.0 Å². The predicted molar refractivity (Wildman–Crippen MR) is 53.6 cm³/mol. The summed E-state index contributed by atoms with van der Waals surface area (Å²) in [5.74, 6) is 0.440. The zero-order valence-corrected chi connectivity index (χ0v) is 9.07. The van der Waals surface area contributed by atoms with Crippen LogP contribution in [-0.2, 0) is 4.79 Å². The molecule has 12 heavy (non-hydrogen) atoms. The molecule has 1 N–H and O–H groups in total. The quantitative estimate of drug-likeness (QED) is 0.723. The maximum Gasteiger partial charge on any atom is 0.309 e. The van der Waals surface area contributed by atoms with Gasteiger partial charge in [0.15, 0.2) is 0 Å². The normalized spacial score (nSPS) is 16.1. The molecular weight excluding hydrogens is 172 g/mol. The van der Waals surface area contributed by atoms with Crippen LogP contribution < -0.4 is 0 Å². The number of hydrogen-bond acceptors (Lipinski definition) is 2. The molecule has 0 radical (unpaired) electrons. The molecule has 2 nitrogen and oxygen atoms in total. The van der Waals surface area contributed by atoms with Crippen molar-refractivity contribution < 1.29 is 9.90 Å². The third-order valence-electron chi connectivity index (χ3n) is 2.59. The van der Waals surface area contributed by atoms with Crippen molar-refractivity contribution in [1.82, 2.24) is 0 Å². The van der Waals surface area contributed by atoms with Gasteiger partial charge in [-0.25, -0.2) is 0 Å². The number of hydrogen-bond donors (Lipinski definition) is 1. The van der Waals surface area contributed by atoms with Crippen LogP contribution in [0.1, 0.15) is 27.2 Å². The first-order valence-corrected chi connectivity index (χ1v) is 5.57. The highest BCUT2D eigenvalue weighted by atomic mass is 32.2. The second-order valence-corrected chi connectivity index (χ2v) is 4.61. The molecule has 0 aliphatic heterocycles. The second kappa shape index (κ2) is 4.75. The standard InChI is InChI=1S/C9H18O2S/c1-7(2)9(3,8(10)11)5-6-12-4/h7H,5-6H2,1-4H3,(H,10,11). The summed E-state index contributed by atoms with van der Waals surface area (Å²) < 4.78 is 0. The number of rotatable bonds is 5. The maximum atomic E-state index is 11.0. The number of thioether (sulfide) groups is 1. The smallest absolute Gasteiger partial charge is 0.309 e. The molecule has 0 rings (SSSR count). The molecule has 0 heterocycles. The Labute approximate surface area is 78.7 Å². The zero-order valence-electron chi connectivity index (χ0n) is 8.26. The van der Waals surface area contributed by atoms with E-state index in [2.05, 4.69) is 0 Å². The van der Waals surface area contributed by atoms with Crippen LogP contribution >= 0.6 is 11.8 Å². The molecule has 0 aliphatic rings. The van der Waals surface area contributed by atoms with Gasteiger partial charge >= 0.3 is 5.97 Å². The first-order chi connectivity index (χ1) is 5.45. The Bertz CT molecular complexity index is 157. The molecule has 0 saturated carbocycles. The second-order valence-electron chi connectivity index (χ2n) is 3.62. The molecule has 0 saturated heterocycles. The summed E-state index contributed by atoms with van der Waals surface area (Å²) in [5, 5.41) is 9.02. The number of carboxylic acid groups (broad SMARTS) is 1. The maximum absolute atomic E-state index is 11.0. The fourth-order valence-corrected chi connectivity index (χ4v) is 1.58. The lowest BCUT2D eigenvalue weighted by Crippen LogP contribution is -2.33. The van der Waals surface area contributed by atoms with E-state index in [1.165, 1.54) is 0 Å². The van der Waals surface area contributed by atoms with Crippen molar-refractivity contribution in [2.45, 2.75) is 27.2 Å². The lowest BCUT2D eigenvalue weighted by Gasteiger charge is -2.28. The van der Waals surface area contributed by atoms with Crippen LogP contribution in [0.15, 0.2) is 0 Å².